The zero-order valence-electron chi connectivity index (χ0n) is 5.77. The molecule has 1 aliphatic heterocycles. The molecule has 0 saturated heterocycles. The average Bonchev–Trinajstić information content (AvgIpc) is 2.04. The van der Waals surface area contributed by atoms with Gasteiger partial charge in [0.25, 0.3) is 5.91 Å². The number of pyridine rings is 1. The summed E-state index contributed by atoms with van der Waals surface area (Å²) < 4.78 is 0. The summed E-state index contributed by atoms with van der Waals surface area (Å²) in [6, 6.07) is 3.59. The van der Waals surface area contributed by atoms with E-state index in [1.165, 1.54) is 6.08 Å². The summed E-state index contributed by atoms with van der Waals surface area (Å²) in [6.07, 6.45) is 6.58. The summed E-state index contributed by atoms with van der Waals surface area (Å²) in [5, 5.41) is 0. The van der Waals surface area contributed by atoms with E-state index in [0.717, 1.165) is 5.69 Å². The average molecular weight is 146 g/mol. The number of amides is 1. The van der Waals surface area contributed by atoms with Crippen LogP contribution in [0.5, 0.6) is 0 Å². The molecule has 54 valence electrons. The molecule has 3 nitrogen and oxygen atoms in total. The number of aromatic nitrogens is 1. The number of hydrogen-bond acceptors (Lipinski definition) is 2. The van der Waals surface area contributed by atoms with Crippen LogP contribution in [0.1, 0.15) is 0 Å². The van der Waals surface area contributed by atoms with Crippen LogP contribution >= 0.6 is 0 Å². The molecule has 1 aromatic heterocycles. The maximum Gasteiger partial charge on any atom is 0.256 e. The Labute approximate surface area is 64.0 Å². The molecule has 1 aromatic rings. The van der Waals surface area contributed by atoms with Crippen molar-refractivity contribution >= 4 is 11.6 Å². The smallest absolute Gasteiger partial charge is 0.256 e. The Balaban J connectivity index is 2.32. The van der Waals surface area contributed by atoms with E-state index in [1.54, 1.807) is 35.6 Å². The fourth-order valence-electron chi connectivity index (χ4n) is 0.928. The third kappa shape index (κ3) is 0.902. The second-order valence-electron chi connectivity index (χ2n) is 2.23. The van der Waals surface area contributed by atoms with E-state index >= 15 is 0 Å². The van der Waals surface area contributed by atoms with Crippen molar-refractivity contribution in [2.45, 2.75) is 0 Å². The summed E-state index contributed by atoms with van der Waals surface area (Å²) >= 11 is 0. The first-order valence-electron chi connectivity index (χ1n) is 3.29. The lowest BCUT2D eigenvalue weighted by Gasteiger charge is -2.22. The van der Waals surface area contributed by atoms with Gasteiger partial charge >= 0.3 is 0 Å². The van der Waals surface area contributed by atoms with Crippen molar-refractivity contribution in [2.24, 2.45) is 0 Å². The molecule has 0 fully saturated rings. The Morgan fingerprint density at radius 2 is 2.00 bits per heavy atom. The van der Waals surface area contributed by atoms with Crippen molar-refractivity contribution in [3.63, 3.8) is 0 Å². The molecule has 3 heteroatoms. The molecule has 11 heavy (non-hydrogen) atoms. The molecule has 2 rings (SSSR count). The minimum absolute atomic E-state index is 0.0243. The summed E-state index contributed by atoms with van der Waals surface area (Å²) in [5.74, 6) is 0.0243. The van der Waals surface area contributed by atoms with Crippen molar-refractivity contribution in [3.8, 4) is 0 Å². The lowest BCUT2D eigenvalue weighted by atomic mass is 10.3. The second-order valence-corrected chi connectivity index (χ2v) is 2.23. The minimum Gasteiger partial charge on any atom is -0.284 e. The quantitative estimate of drug-likeness (QED) is 0.590. The van der Waals surface area contributed by atoms with Gasteiger partial charge in [0.15, 0.2) is 0 Å². The Morgan fingerprint density at radius 3 is 2.45 bits per heavy atom. The van der Waals surface area contributed by atoms with Crippen molar-refractivity contribution < 1.29 is 4.79 Å². The monoisotopic (exact) mass is 146 g/mol. The highest BCUT2D eigenvalue weighted by atomic mass is 16.2. The van der Waals surface area contributed by atoms with Crippen LogP contribution in [0.3, 0.4) is 0 Å². The van der Waals surface area contributed by atoms with Gasteiger partial charge in [-0.15, -0.1) is 0 Å². The molecule has 2 heterocycles. The number of hydrogen-bond donors (Lipinski definition) is 0. The van der Waals surface area contributed by atoms with Gasteiger partial charge in [0.05, 0.1) is 5.69 Å². The third-order valence-corrected chi connectivity index (χ3v) is 1.54. The Morgan fingerprint density at radius 1 is 1.27 bits per heavy atom. The highest BCUT2D eigenvalue weighted by Gasteiger charge is 2.16. The van der Waals surface area contributed by atoms with Crippen LogP contribution < -0.4 is 4.90 Å². The van der Waals surface area contributed by atoms with Crippen LogP contribution in [0.2, 0.25) is 0 Å². The predicted octanol–water partition coefficient (Wildman–Crippen LogP) is 0.942. The van der Waals surface area contributed by atoms with Crippen molar-refractivity contribution in [1.29, 1.82) is 0 Å². The molecule has 1 aliphatic rings. The van der Waals surface area contributed by atoms with Crippen LogP contribution in [-0.2, 0) is 4.79 Å². The molecule has 0 bridgehead atoms. The van der Waals surface area contributed by atoms with E-state index in [2.05, 4.69) is 4.98 Å². The summed E-state index contributed by atoms with van der Waals surface area (Å²) in [5.41, 5.74) is 0.868. The summed E-state index contributed by atoms with van der Waals surface area (Å²) in [4.78, 5) is 16.3. The highest BCUT2D eigenvalue weighted by Crippen LogP contribution is 2.17. The van der Waals surface area contributed by atoms with Crippen LogP contribution in [0, 0.1) is 0 Å². The second kappa shape index (κ2) is 2.20. The largest absolute Gasteiger partial charge is 0.284 e. The molecular formula is C8H6N2O. The third-order valence-electron chi connectivity index (χ3n) is 1.54. The van der Waals surface area contributed by atoms with Crippen LogP contribution in [0.4, 0.5) is 5.69 Å². The van der Waals surface area contributed by atoms with Crippen molar-refractivity contribution in [3.05, 3.63) is 36.8 Å². The Hall–Kier alpha value is -1.64. The van der Waals surface area contributed by atoms with Crippen molar-refractivity contribution in [2.75, 3.05) is 4.90 Å². The van der Waals surface area contributed by atoms with E-state index in [1.807, 2.05) is 0 Å². The SMILES string of the molecule is O=C1C=CN1c1ccncc1. The first-order chi connectivity index (χ1) is 5.38. The van der Waals surface area contributed by atoms with Gasteiger partial charge in [-0.2, -0.15) is 0 Å². The number of carbonyl (C=O) groups excluding carboxylic acids is 1. The Kier molecular flexibility index (Phi) is 1.22. The molecule has 0 N–H and O–H groups in total. The van der Waals surface area contributed by atoms with Gasteiger partial charge < -0.3 is 0 Å². The van der Waals surface area contributed by atoms with E-state index < -0.39 is 0 Å². The Bertz CT molecular complexity index is 305. The van der Waals surface area contributed by atoms with Crippen molar-refractivity contribution in [1.82, 2.24) is 4.98 Å². The van der Waals surface area contributed by atoms with Crippen LogP contribution in [-0.4, -0.2) is 10.9 Å². The van der Waals surface area contributed by atoms with Crippen LogP contribution in [0.25, 0.3) is 0 Å². The van der Waals surface area contributed by atoms with E-state index in [9.17, 15) is 4.79 Å². The van der Waals surface area contributed by atoms with E-state index in [-0.39, 0.29) is 5.91 Å². The number of anilines is 1. The van der Waals surface area contributed by atoms with Gasteiger partial charge in [-0.3, -0.25) is 14.7 Å². The first kappa shape index (κ1) is 6.09. The molecule has 0 aliphatic carbocycles. The highest BCUT2D eigenvalue weighted by molar-refractivity contribution is 6.09. The fraction of sp³-hybridized carbons (Fsp3) is 0. The van der Waals surface area contributed by atoms with Gasteiger partial charge in [-0.25, -0.2) is 0 Å². The van der Waals surface area contributed by atoms with Gasteiger partial charge in [0.1, 0.15) is 0 Å². The normalized spacial score (nSPS) is 14.9. The zero-order valence-corrected chi connectivity index (χ0v) is 5.77. The van der Waals surface area contributed by atoms with Gasteiger partial charge in [-0.05, 0) is 12.1 Å². The molecule has 0 unspecified atom stereocenters. The maximum absolute atomic E-state index is 10.8. The fourth-order valence-corrected chi connectivity index (χ4v) is 0.928. The lowest BCUT2D eigenvalue weighted by molar-refractivity contribution is -0.114. The molecule has 0 saturated carbocycles. The number of rotatable bonds is 1. The lowest BCUT2D eigenvalue weighted by Crippen LogP contribution is -2.30. The van der Waals surface area contributed by atoms with Crippen LogP contribution in [0.15, 0.2) is 36.8 Å². The number of carbonyl (C=O) groups is 1. The molecule has 0 atom stereocenters. The van der Waals surface area contributed by atoms with Gasteiger partial charge in [0.2, 0.25) is 0 Å². The molecular weight excluding hydrogens is 140 g/mol. The summed E-state index contributed by atoms with van der Waals surface area (Å²) in [7, 11) is 0. The van der Waals surface area contributed by atoms with E-state index in [0.29, 0.717) is 0 Å². The van der Waals surface area contributed by atoms with Gasteiger partial charge in [0, 0.05) is 24.7 Å². The summed E-state index contributed by atoms with van der Waals surface area (Å²) in [6.45, 7) is 0. The molecule has 0 spiro atoms. The molecule has 1 amide bonds. The van der Waals surface area contributed by atoms with E-state index in [4.69, 9.17) is 0 Å². The number of nitrogens with zero attached hydrogens (tertiary/aromatic N) is 2. The van der Waals surface area contributed by atoms with Gasteiger partial charge in [-0.1, -0.05) is 0 Å². The zero-order chi connectivity index (χ0) is 7.68. The minimum atomic E-state index is 0.0243. The molecule has 0 radical (unpaired) electrons. The standard InChI is InChI=1S/C8H6N2O/c11-8-3-6-10(8)7-1-4-9-5-2-7/h1-6H. The topological polar surface area (TPSA) is 33.2 Å². The molecule has 0 aromatic carbocycles. The maximum atomic E-state index is 10.8. The predicted molar refractivity (Wildman–Crippen MR) is 40.9 cm³/mol. The first-order valence-corrected chi connectivity index (χ1v) is 3.29.